The summed E-state index contributed by atoms with van der Waals surface area (Å²) < 4.78 is 6.94. The van der Waals surface area contributed by atoms with Crippen molar-refractivity contribution in [2.45, 2.75) is 26.3 Å². The monoisotopic (exact) mass is 368 g/mol. The zero-order valence-electron chi connectivity index (χ0n) is 11.1. The number of nitrogens with zero attached hydrogens (tertiary/aromatic N) is 1. The largest absolute Gasteiger partial charge is 0.439 e. The lowest BCUT2D eigenvalue weighted by Crippen LogP contribution is -2.17. The van der Waals surface area contributed by atoms with Gasteiger partial charge in [0.2, 0.25) is 5.88 Å². The van der Waals surface area contributed by atoms with E-state index >= 15 is 0 Å². The SMILES string of the molecule is Cc1cc(CC(C)N)cnc1Oc1cccc(I)c1. The average molecular weight is 368 g/mol. The van der Waals surface area contributed by atoms with Crippen LogP contribution < -0.4 is 10.5 Å². The number of hydrogen-bond donors (Lipinski definition) is 1. The normalized spacial score (nSPS) is 12.2. The van der Waals surface area contributed by atoms with Gasteiger partial charge < -0.3 is 10.5 Å². The Labute approximate surface area is 127 Å². The van der Waals surface area contributed by atoms with Gasteiger partial charge in [0.15, 0.2) is 0 Å². The lowest BCUT2D eigenvalue weighted by Gasteiger charge is -2.10. The number of benzene rings is 1. The van der Waals surface area contributed by atoms with Crippen molar-refractivity contribution in [3.63, 3.8) is 0 Å². The van der Waals surface area contributed by atoms with Crippen LogP contribution in [0.2, 0.25) is 0 Å². The van der Waals surface area contributed by atoms with Gasteiger partial charge in [-0.05, 0) is 72.7 Å². The molecule has 2 rings (SSSR count). The second-order valence-corrected chi connectivity index (χ2v) is 5.95. The van der Waals surface area contributed by atoms with Crippen molar-refractivity contribution >= 4 is 22.6 Å². The van der Waals surface area contributed by atoms with Crippen molar-refractivity contribution in [3.05, 3.63) is 51.2 Å². The van der Waals surface area contributed by atoms with E-state index in [1.165, 1.54) is 0 Å². The van der Waals surface area contributed by atoms with Crippen LogP contribution in [0.3, 0.4) is 0 Å². The first-order valence-corrected chi connectivity index (χ1v) is 7.27. The molecule has 4 heteroatoms. The van der Waals surface area contributed by atoms with Gasteiger partial charge in [0.1, 0.15) is 5.75 Å². The van der Waals surface area contributed by atoms with E-state index in [2.05, 4.69) is 33.6 Å². The summed E-state index contributed by atoms with van der Waals surface area (Å²) >= 11 is 2.26. The van der Waals surface area contributed by atoms with Crippen LogP contribution >= 0.6 is 22.6 Å². The standard InChI is InChI=1S/C15H17IN2O/c1-10-6-12(7-11(2)17)9-18-15(10)19-14-5-3-4-13(16)8-14/h3-6,8-9,11H,7,17H2,1-2H3. The molecule has 0 aliphatic heterocycles. The Kier molecular flexibility index (Phi) is 4.76. The predicted octanol–water partition coefficient (Wildman–Crippen LogP) is 3.68. The van der Waals surface area contributed by atoms with E-state index in [-0.39, 0.29) is 6.04 Å². The maximum absolute atomic E-state index is 5.80. The van der Waals surface area contributed by atoms with Crippen LogP contribution in [0.1, 0.15) is 18.1 Å². The molecular formula is C15H17IN2O. The van der Waals surface area contributed by atoms with Crippen LogP contribution in [0.4, 0.5) is 0 Å². The van der Waals surface area contributed by atoms with E-state index in [4.69, 9.17) is 10.5 Å². The van der Waals surface area contributed by atoms with Crippen LogP contribution in [0.25, 0.3) is 0 Å². The highest BCUT2D eigenvalue weighted by atomic mass is 127. The number of hydrogen-bond acceptors (Lipinski definition) is 3. The Hall–Kier alpha value is -1.14. The molecule has 1 atom stereocenters. The second-order valence-electron chi connectivity index (χ2n) is 4.71. The summed E-state index contributed by atoms with van der Waals surface area (Å²) in [7, 11) is 0. The molecule has 2 aromatic rings. The molecule has 1 heterocycles. The molecule has 0 radical (unpaired) electrons. The van der Waals surface area contributed by atoms with Gasteiger partial charge in [0, 0.05) is 21.4 Å². The van der Waals surface area contributed by atoms with Crippen molar-refractivity contribution in [3.8, 4) is 11.6 Å². The van der Waals surface area contributed by atoms with E-state index in [0.29, 0.717) is 5.88 Å². The van der Waals surface area contributed by atoms with Gasteiger partial charge in [-0.3, -0.25) is 0 Å². The van der Waals surface area contributed by atoms with Crippen LogP contribution in [-0.4, -0.2) is 11.0 Å². The Morgan fingerprint density at radius 2 is 2.16 bits per heavy atom. The van der Waals surface area contributed by atoms with Crippen molar-refractivity contribution in [2.75, 3.05) is 0 Å². The molecule has 3 nitrogen and oxygen atoms in total. The minimum Gasteiger partial charge on any atom is -0.439 e. The van der Waals surface area contributed by atoms with Gasteiger partial charge in [-0.1, -0.05) is 6.07 Å². The molecule has 0 bridgehead atoms. The number of rotatable bonds is 4. The highest BCUT2D eigenvalue weighted by molar-refractivity contribution is 14.1. The summed E-state index contributed by atoms with van der Waals surface area (Å²) in [6.45, 7) is 3.99. The molecule has 0 spiro atoms. The smallest absolute Gasteiger partial charge is 0.222 e. The van der Waals surface area contributed by atoms with Crippen molar-refractivity contribution in [1.29, 1.82) is 0 Å². The van der Waals surface area contributed by atoms with Gasteiger partial charge >= 0.3 is 0 Å². The molecule has 0 amide bonds. The molecule has 1 unspecified atom stereocenters. The molecule has 1 aromatic carbocycles. The fourth-order valence-corrected chi connectivity index (χ4v) is 2.37. The van der Waals surface area contributed by atoms with E-state index in [9.17, 15) is 0 Å². The number of aryl methyl sites for hydroxylation is 1. The maximum atomic E-state index is 5.80. The van der Waals surface area contributed by atoms with Crippen LogP contribution in [-0.2, 0) is 6.42 Å². The van der Waals surface area contributed by atoms with Crippen LogP contribution in [0.5, 0.6) is 11.6 Å². The summed E-state index contributed by atoms with van der Waals surface area (Å²) in [5.74, 6) is 1.46. The molecule has 0 saturated carbocycles. The molecule has 100 valence electrons. The van der Waals surface area contributed by atoms with Gasteiger partial charge in [-0.2, -0.15) is 0 Å². The van der Waals surface area contributed by atoms with Gasteiger partial charge in [-0.15, -0.1) is 0 Å². The minimum absolute atomic E-state index is 0.142. The maximum Gasteiger partial charge on any atom is 0.222 e. The molecule has 0 aliphatic carbocycles. The summed E-state index contributed by atoms with van der Waals surface area (Å²) in [4.78, 5) is 4.38. The van der Waals surface area contributed by atoms with E-state index < -0.39 is 0 Å². The Balaban J connectivity index is 2.17. The molecule has 0 fully saturated rings. The van der Waals surface area contributed by atoms with E-state index in [1.54, 1.807) is 0 Å². The second kappa shape index (κ2) is 6.34. The zero-order valence-corrected chi connectivity index (χ0v) is 13.2. The number of ether oxygens (including phenoxy) is 1. The van der Waals surface area contributed by atoms with Gasteiger partial charge in [0.05, 0.1) is 0 Å². The molecule has 1 aromatic heterocycles. The van der Waals surface area contributed by atoms with Crippen molar-refractivity contribution in [1.82, 2.24) is 4.98 Å². The Morgan fingerprint density at radius 1 is 1.37 bits per heavy atom. The summed E-state index contributed by atoms with van der Waals surface area (Å²) in [5, 5.41) is 0. The lowest BCUT2D eigenvalue weighted by molar-refractivity contribution is 0.458. The summed E-state index contributed by atoms with van der Waals surface area (Å²) in [6.07, 6.45) is 2.66. The fourth-order valence-electron chi connectivity index (χ4n) is 1.85. The number of pyridine rings is 1. The highest BCUT2D eigenvalue weighted by Gasteiger charge is 2.06. The minimum atomic E-state index is 0.142. The van der Waals surface area contributed by atoms with Crippen molar-refractivity contribution in [2.24, 2.45) is 5.73 Å². The molecule has 19 heavy (non-hydrogen) atoms. The van der Waals surface area contributed by atoms with Crippen molar-refractivity contribution < 1.29 is 4.74 Å². The van der Waals surface area contributed by atoms with Crippen LogP contribution in [0, 0.1) is 10.5 Å². The first-order chi connectivity index (χ1) is 9.04. The first kappa shape index (κ1) is 14.3. The number of aromatic nitrogens is 1. The zero-order chi connectivity index (χ0) is 13.8. The quantitative estimate of drug-likeness (QED) is 0.838. The molecule has 0 aliphatic rings. The average Bonchev–Trinajstić information content (AvgIpc) is 2.32. The number of nitrogens with two attached hydrogens (primary N) is 1. The third-order valence-corrected chi connectivity index (χ3v) is 3.33. The lowest BCUT2D eigenvalue weighted by atomic mass is 10.1. The third kappa shape index (κ3) is 4.18. The first-order valence-electron chi connectivity index (χ1n) is 6.19. The van der Waals surface area contributed by atoms with Crippen LogP contribution in [0.15, 0.2) is 36.5 Å². The molecule has 2 N–H and O–H groups in total. The van der Waals surface area contributed by atoms with E-state index in [1.807, 2.05) is 44.3 Å². The predicted molar refractivity (Wildman–Crippen MR) is 85.6 cm³/mol. The Morgan fingerprint density at radius 3 is 2.79 bits per heavy atom. The van der Waals surface area contributed by atoms with E-state index in [0.717, 1.165) is 26.9 Å². The summed E-state index contributed by atoms with van der Waals surface area (Å²) in [6, 6.07) is 10.1. The topological polar surface area (TPSA) is 48.1 Å². The highest BCUT2D eigenvalue weighted by Crippen LogP contribution is 2.24. The molecular weight excluding hydrogens is 351 g/mol. The Bertz CT molecular complexity index is 570. The molecule has 0 saturated heterocycles. The fraction of sp³-hybridized carbons (Fsp3) is 0.267. The number of halogens is 1. The summed E-state index contributed by atoms with van der Waals surface area (Å²) in [5.41, 5.74) is 7.96. The third-order valence-electron chi connectivity index (χ3n) is 2.66. The van der Waals surface area contributed by atoms with Gasteiger partial charge in [0.25, 0.3) is 0 Å². The van der Waals surface area contributed by atoms with Gasteiger partial charge in [-0.25, -0.2) is 4.98 Å².